The van der Waals surface area contributed by atoms with Gasteiger partial charge in [0, 0.05) is 0 Å². The van der Waals surface area contributed by atoms with Crippen molar-refractivity contribution in [2.75, 3.05) is 0 Å². The molecule has 1 aromatic carbocycles. The molecule has 0 fully saturated rings. The van der Waals surface area contributed by atoms with E-state index < -0.39 is 30.1 Å². The Morgan fingerprint density at radius 3 is 2.47 bits per heavy atom. The Morgan fingerprint density at radius 1 is 1.33 bits per heavy atom. The zero-order valence-corrected chi connectivity index (χ0v) is 7.68. The van der Waals surface area contributed by atoms with Crippen LogP contribution in [0.3, 0.4) is 0 Å². The minimum Gasteiger partial charge on any atom is -0.481 e. The molecule has 2 N–H and O–H groups in total. The van der Waals surface area contributed by atoms with Crippen LogP contribution in [0.25, 0.3) is 0 Å². The van der Waals surface area contributed by atoms with Crippen LogP contribution in [0.4, 0.5) is 4.39 Å². The van der Waals surface area contributed by atoms with Crippen LogP contribution in [-0.4, -0.2) is 22.2 Å². The van der Waals surface area contributed by atoms with Gasteiger partial charge < -0.3 is 10.2 Å². The van der Waals surface area contributed by atoms with Crippen molar-refractivity contribution < 1.29 is 24.2 Å². The summed E-state index contributed by atoms with van der Waals surface area (Å²) < 4.78 is 12.8. The highest BCUT2D eigenvalue weighted by Gasteiger charge is 2.23. The van der Waals surface area contributed by atoms with Crippen LogP contribution in [0.1, 0.15) is 17.9 Å². The van der Waals surface area contributed by atoms with Crippen LogP contribution < -0.4 is 0 Å². The summed E-state index contributed by atoms with van der Waals surface area (Å²) in [5.74, 6) is -4.29. The second-order valence-electron chi connectivity index (χ2n) is 3.04. The lowest BCUT2D eigenvalue weighted by molar-refractivity contribution is -0.145. The molecule has 4 nitrogen and oxygen atoms in total. The molecule has 1 atom stereocenters. The highest BCUT2D eigenvalue weighted by molar-refractivity contribution is 5.82. The Bertz CT molecular complexity index is 389. The summed E-state index contributed by atoms with van der Waals surface area (Å²) >= 11 is 0. The van der Waals surface area contributed by atoms with E-state index in [4.69, 9.17) is 10.2 Å². The van der Waals surface area contributed by atoms with E-state index in [0.717, 1.165) is 6.07 Å². The standard InChI is InChI=1S/C10H9FO4/c11-7-3-1-2-6(4-7)8(10(14)15)5-9(12)13/h1-4,8H,5H2,(H,12,13)(H,14,15). The van der Waals surface area contributed by atoms with E-state index in [-0.39, 0.29) is 5.56 Å². The topological polar surface area (TPSA) is 74.6 Å². The number of benzene rings is 1. The van der Waals surface area contributed by atoms with Crippen LogP contribution >= 0.6 is 0 Å². The number of carboxylic acids is 2. The average molecular weight is 212 g/mol. The molecule has 1 rings (SSSR count). The molecule has 0 radical (unpaired) electrons. The molecule has 0 spiro atoms. The summed E-state index contributed by atoms with van der Waals surface area (Å²) in [5.41, 5.74) is 0.157. The molecule has 0 heterocycles. The van der Waals surface area contributed by atoms with Gasteiger partial charge in [-0.1, -0.05) is 12.1 Å². The quantitative estimate of drug-likeness (QED) is 0.792. The Kier molecular flexibility index (Phi) is 3.38. The van der Waals surface area contributed by atoms with Crippen molar-refractivity contribution in [2.24, 2.45) is 0 Å². The summed E-state index contributed by atoms with van der Waals surface area (Å²) in [7, 11) is 0. The van der Waals surface area contributed by atoms with Gasteiger partial charge >= 0.3 is 11.9 Å². The van der Waals surface area contributed by atoms with Crippen molar-refractivity contribution in [1.29, 1.82) is 0 Å². The molecule has 0 aromatic heterocycles. The molecule has 0 aliphatic rings. The fourth-order valence-electron chi connectivity index (χ4n) is 1.25. The van der Waals surface area contributed by atoms with E-state index in [1.165, 1.54) is 18.2 Å². The zero-order valence-electron chi connectivity index (χ0n) is 7.68. The first kappa shape index (κ1) is 11.2. The SMILES string of the molecule is O=C(O)CC(C(=O)O)c1cccc(F)c1. The molecule has 80 valence electrons. The third kappa shape index (κ3) is 3.05. The highest BCUT2D eigenvalue weighted by atomic mass is 19.1. The van der Waals surface area contributed by atoms with Crippen molar-refractivity contribution in [2.45, 2.75) is 12.3 Å². The number of rotatable bonds is 4. The summed E-state index contributed by atoms with van der Waals surface area (Å²) in [6.07, 6.45) is -0.557. The normalized spacial score (nSPS) is 12.1. The van der Waals surface area contributed by atoms with E-state index in [0.29, 0.717) is 0 Å². The number of hydrogen-bond donors (Lipinski definition) is 2. The minimum absolute atomic E-state index is 0.157. The van der Waals surface area contributed by atoms with Crippen molar-refractivity contribution >= 4 is 11.9 Å². The van der Waals surface area contributed by atoms with Gasteiger partial charge in [-0.3, -0.25) is 9.59 Å². The first-order valence-electron chi connectivity index (χ1n) is 4.20. The van der Waals surface area contributed by atoms with Gasteiger partial charge in [0.1, 0.15) is 5.82 Å². The lowest BCUT2D eigenvalue weighted by Gasteiger charge is -2.09. The van der Waals surface area contributed by atoms with Gasteiger partial charge in [-0.05, 0) is 17.7 Å². The van der Waals surface area contributed by atoms with E-state index in [1.54, 1.807) is 0 Å². The largest absolute Gasteiger partial charge is 0.481 e. The second-order valence-corrected chi connectivity index (χ2v) is 3.04. The van der Waals surface area contributed by atoms with Crippen molar-refractivity contribution in [3.63, 3.8) is 0 Å². The maximum atomic E-state index is 12.8. The lowest BCUT2D eigenvalue weighted by Crippen LogP contribution is -2.15. The number of carbonyl (C=O) groups is 2. The van der Waals surface area contributed by atoms with Gasteiger partial charge in [-0.25, -0.2) is 4.39 Å². The lowest BCUT2D eigenvalue weighted by atomic mass is 9.96. The molecule has 0 aliphatic heterocycles. The van der Waals surface area contributed by atoms with Crippen molar-refractivity contribution in [1.82, 2.24) is 0 Å². The Hall–Kier alpha value is -1.91. The molecule has 0 aliphatic carbocycles. The molecule has 1 unspecified atom stereocenters. The third-order valence-corrected chi connectivity index (χ3v) is 1.93. The highest BCUT2D eigenvalue weighted by Crippen LogP contribution is 2.20. The third-order valence-electron chi connectivity index (χ3n) is 1.93. The second kappa shape index (κ2) is 4.54. The van der Waals surface area contributed by atoms with Crippen molar-refractivity contribution in [3.05, 3.63) is 35.6 Å². The van der Waals surface area contributed by atoms with Crippen molar-refractivity contribution in [3.8, 4) is 0 Å². The fraction of sp³-hybridized carbons (Fsp3) is 0.200. The number of aliphatic carboxylic acids is 2. The van der Waals surface area contributed by atoms with Crippen LogP contribution in [-0.2, 0) is 9.59 Å². The molecular formula is C10H9FO4. The summed E-state index contributed by atoms with van der Waals surface area (Å²) in [4.78, 5) is 21.2. The molecule has 1 aromatic rings. The molecule has 0 bridgehead atoms. The number of halogens is 1. The smallest absolute Gasteiger partial charge is 0.311 e. The Labute approximate surface area is 85.0 Å². The van der Waals surface area contributed by atoms with E-state index in [2.05, 4.69) is 0 Å². The monoisotopic (exact) mass is 212 g/mol. The summed E-state index contributed by atoms with van der Waals surface area (Å²) in [6, 6.07) is 4.94. The van der Waals surface area contributed by atoms with Gasteiger partial charge in [-0.15, -0.1) is 0 Å². The molecule has 0 amide bonds. The van der Waals surface area contributed by atoms with Gasteiger partial charge in [0.05, 0.1) is 12.3 Å². The zero-order chi connectivity index (χ0) is 11.4. The van der Waals surface area contributed by atoms with Gasteiger partial charge in [0.25, 0.3) is 0 Å². The Balaban J connectivity index is 2.98. The van der Waals surface area contributed by atoms with Gasteiger partial charge in [0.15, 0.2) is 0 Å². The van der Waals surface area contributed by atoms with Gasteiger partial charge in [-0.2, -0.15) is 0 Å². The maximum Gasteiger partial charge on any atom is 0.311 e. The first-order valence-corrected chi connectivity index (χ1v) is 4.20. The summed E-state index contributed by atoms with van der Waals surface area (Å²) in [6.45, 7) is 0. The minimum atomic E-state index is -1.27. The van der Waals surface area contributed by atoms with Gasteiger partial charge in [0.2, 0.25) is 0 Å². The maximum absolute atomic E-state index is 12.8. The Morgan fingerprint density at radius 2 is 2.00 bits per heavy atom. The first-order chi connectivity index (χ1) is 7.00. The van der Waals surface area contributed by atoms with Crippen LogP contribution in [0.15, 0.2) is 24.3 Å². The number of hydrogen-bond acceptors (Lipinski definition) is 2. The molecule has 15 heavy (non-hydrogen) atoms. The van der Waals surface area contributed by atoms with Crippen LogP contribution in [0, 0.1) is 5.82 Å². The summed E-state index contributed by atoms with van der Waals surface area (Å²) in [5, 5.41) is 17.3. The molecular weight excluding hydrogens is 203 g/mol. The molecule has 5 heteroatoms. The van der Waals surface area contributed by atoms with Crippen LogP contribution in [0.5, 0.6) is 0 Å². The molecule has 0 saturated carbocycles. The van der Waals surface area contributed by atoms with E-state index in [9.17, 15) is 14.0 Å². The fourth-order valence-corrected chi connectivity index (χ4v) is 1.25. The average Bonchev–Trinajstić information content (AvgIpc) is 2.13. The predicted molar refractivity (Wildman–Crippen MR) is 49.0 cm³/mol. The van der Waals surface area contributed by atoms with E-state index >= 15 is 0 Å². The number of carboxylic acid groups (broad SMARTS) is 2. The molecule has 0 saturated heterocycles. The predicted octanol–water partition coefficient (Wildman–Crippen LogP) is 1.47. The van der Waals surface area contributed by atoms with E-state index in [1.807, 2.05) is 0 Å². The van der Waals surface area contributed by atoms with Crippen LogP contribution in [0.2, 0.25) is 0 Å².